The van der Waals surface area contributed by atoms with E-state index in [1.165, 1.54) is 5.56 Å². The molecule has 0 unspecified atom stereocenters. The average Bonchev–Trinajstić information content (AvgIpc) is 3.13. The Morgan fingerprint density at radius 2 is 2.19 bits per heavy atom. The van der Waals surface area contributed by atoms with Crippen molar-refractivity contribution < 1.29 is 9.59 Å². The van der Waals surface area contributed by atoms with Gasteiger partial charge in [0.25, 0.3) is 5.91 Å². The smallest absolute Gasteiger partial charge is 0.252 e. The van der Waals surface area contributed by atoms with Gasteiger partial charge in [-0.3, -0.25) is 14.6 Å². The number of benzene rings is 1. The van der Waals surface area contributed by atoms with Gasteiger partial charge in [0.1, 0.15) is 0 Å². The molecule has 2 aromatic rings. The number of carbonyl (C=O) groups is 2. The molecule has 26 heavy (non-hydrogen) atoms. The van der Waals surface area contributed by atoms with Crippen molar-refractivity contribution >= 4 is 22.7 Å². The fraction of sp³-hybridized carbons (Fsp3) is 0.381. The van der Waals surface area contributed by atoms with Gasteiger partial charge in [0.15, 0.2) is 0 Å². The Bertz CT molecular complexity index is 882. The minimum absolute atomic E-state index is 0.0507. The molecule has 0 saturated carbocycles. The molecule has 0 spiro atoms. The van der Waals surface area contributed by atoms with Crippen molar-refractivity contribution in [2.75, 3.05) is 13.1 Å². The van der Waals surface area contributed by atoms with Crippen LogP contribution in [0.15, 0.2) is 30.5 Å². The van der Waals surface area contributed by atoms with Crippen LogP contribution in [0.2, 0.25) is 0 Å². The number of likely N-dealkylation sites (tertiary alicyclic amines) is 1. The molecule has 1 saturated heterocycles. The molecule has 0 radical (unpaired) electrons. The lowest BCUT2D eigenvalue weighted by Crippen LogP contribution is -2.42. The van der Waals surface area contributed by atoms with E-state index in [1.54, 1.807) is 17.2 Å². The number of aromatic nitrogens is 1. The van der Waals surface area contributed by atoms with Crippen molar-refractivity contribution in [1.82, 2.24) is 15.2 Å². The third-order valence-corrected chi connectivity index (χ3v) is 4.84. The van der Waals surface area contributed by atoms with E-state index in [-0.39, 0.29) is 24.4 Å². The number of carbonyl (C=O) groups excluding carboxylic acids is 2. The molecule has 1 fully saturated rings. The van der Waals surface area contributed by atoms with Crippen LogP contribution < -0.4 is 5.32 Å². The van der Waals surface area contributed by atoms with Crippen molar-refractivity contribution in [3.8, 4) is 12.3 Å². The number of nitrogens with one attached hydrogen (secondary N) is 1. The maximum absolute atomic E-state index is 12.6. The van der Waals surface area contributed by atoms with Gasteiger partial charge in [-0.05, 0) is 36.5 Å². The second-order valence-corrected chi connectivity index (χ2v) is 6.88. The lowest BCUT2D eigenvalue weighted by atomic mass is 9.99. The number of nitrogens with zero attached hydrogens (tertiary/aromatic N) is 2. The summed E-state index contributed by atoms with van der Waals surface area (Å²) < 4.78 is 0. The zero-order valence-electron chi connectivity index (χ0n) is 15.2. The molecular formula is C21H23N3O2. The molecule has 3 rings (SSSR count). The Morgan fingerprint density at radius 3 is 2.92 bits per heavy atom. The molecule has 5 nitrogen and oxygen atoms in total. The van der Waals surface area contributed by atoms with E-state index in [0.29, 0.717) is 18.0 Å². The molecule has 1 aliphatic rings. The summed E-state index contributed by atoms with van der Waals surface area (Å²) in [6, 6.07) is 7.46. The van der Waals surface area contributed by atoms with E-state index in [9.17, 15) is 9.59 Å². The number of hydrogen-bond donors (Lipinski definition) is 1. The summed E-state index contributed by atoms with van der Waals surface area (Å²) in [6.45, 7) is 4.83. The van der Waals surface area contributed by atoms with Crippen molar-refractivity contribution in [1.29, 1.82) is 0 Å². The highest BCUT2D eigenvalue weighted by Gasteiger charge is 2.27. The molecule has 2 amide bonds. The van der Waals surface area contributed by atoms with E-state index in [2.05, 4.69) is 30.1 Å². The van der Waals surface area contributed by atoms with Gasteiger partial charge in [-0.25, -0.2) is 0 Å². The number of rotatable bonds is 4. The third kappa shape index (κ3) is 3.55. The van der Waals surface area contributed by atoms with Crippen molar-refractivity contribution in [2.24, 2.45) is 0 Å². The zero-order chi connectivity index (χ0) is 18.7. The first-order valence-electron chi connectivity index (χ1n) is 8.93. The quantitative estimate of drug-likeness (QED) is 0.864. The fourth-order valence-electron chi connectivity index (χ4n) is 3.31. The first-order chi connectivity index (χ1) is 12.5. The minimum Gasteiger partial charge on any atom is -0.343 e. The molecule has 134 valence electrons. The van der Waals surface area contributed by atoms with Crippen LogP contribution in [0.4, 0.5) is 0 Å². The Balaban J connectivity index is 1.74. The largest absolute Gasteiger partial charge is 0.343 e. The minimum atomic E-state index is -0.278. The van der Waals surface area contributed by atoms with Gasteiger partial charge in [-0.2, -0.15) is 0 Å². The van der Waals surface area contributed by atoms with Crippen molar-refractivity contribution in [2.45, 2.75) is 38.6 Å². The van der Waals surface area contributed by atoms with Gasteiger partial charge >= 0.3 is 0 Å². The van der Waals surface area contributed by atoms with Crippen molar-refractivity contribution in [3.63, 3.8) is 0 Å². The number of terminal acetylenes is 1. The molecule has 1 atom stereocenters. The molecular weight excluding hydrogens is 326 g/mol. The van der Waals surface area contributed by atoms with Gasteiger partial charge in [0, 0.05) is 18.1 Å². The van der Waals surface area contributed by atoms with Crippen LogP contribution in [0.5, 0.6) is 0 Å². The van der Waals surface area contributed by atoms with Crippen LogP contribution in [-0.2, 0) is 4.79 Å². The van der Waals surface area contributed by atoms with Gasteiger partial charge in [0.2, 0.25) is 5.91 Å². The Labute approximate surface area is 153 Å². The van der Waals surface area contributed by atoms with Crippen LogP contribution in [0.25, 0.3) is 10.9 Å². The summed E-state index contributed by atoms with van der Waals surface area (Å²) >= 11 is 0. The highest BCUT2D eigenvalue weighted by atomic mass is 16.2. The fourth-order valence-corrected chi connectivity index (χ4v) is 3.31. The normalized spacial score (nSPS) is 16.7. The summed E-state index contributed by atoms with van der Waals surface area (Å²) in [7, 11) is 0. The predicted octanol–water partition coefficient (Wildman–Crippen LogP) is 2.71. The number of amides is 2. The third-order valence-electron chi connectivity index (χ3n) is 4.84. The lowest BCUT2D eigenvalue weighted by molar-refractivity contribution is -0.130. The summed E-state index contributed by atoms with van der Waals surface area (Å²) in [4.78, 5) is 31.0. The number of fused-ring (bicyclic) bond motifs is 1. The Kier molecular flexibility index (Phi) is 5.22. The van der Waals surface area contributed by atoms with Crippen LogP contribution in [-0.4, -0.2) is 40.8 Å². The predicted molar refractivity (Wildman–Crippen MR) is 102 cm³/mol. The van der Waals surface area contributed by atoms with Crippen LogP contribution in [0, 0.1) is 12.3 Å². The first kappa shape index (κ1) is 17.9. The zero-order valence-corrected chi connectivity index (χ0v) is 15.2. The summed E-state index contributed by atoms with van der Waals surface area (Å²) in [6.07, 6.45) is 8.82. The average molecular weight is 349 g/mol. The molecule has 2 heterocycles. The monoisotopic (exact) mass is 349 g/mol. The molecule has 0 bridgehead atoms. The van der Waals surface area contributed by atoms with Gasteiger partial charge in [-0.15, -0.1) is 6.42 Å². The maximum atomic E-state index is 12.6. The lowest BCUT2D eigenvalue weighted by Gasteiger charge is -2.20. The second kappa shape index (κ2) is 7.57. The Hall–Kier alpha value is -2.87. The second-order valence-electron chi connectivity index (χ2n) is 6.88. The highest BCUT2D eigenvalue weighted by molar-refractivity contribution is 6.07. The van der Waals surface area contributed by atoms with Crippen LogP contribution in [0.1, 0.15) is 48.5 Å². The topological polar surface area (TPSA) is 62.3 Å². The van der Waals surface area contributed by atoms with Crippen LogP contribution in [0.3, 0.4) is 0 Å². The SMILES string of the molecule is C#C[C@@H]1CCCN1C(=O)CNC(=O)c1ccnc2cc(C(C)C)ccc12. The summed E-state index contributed by atoms with van der Waals surface area (Å²) in [5.74, 6) is 2.61. The number of pyridine rings is 1. The molecule has 5 heteroatoms. The Morgan fingerprint density at radius 1 is 1.38 bits per heavy atom. The van der Waals surface area contributed by atoms with Gasteiger partial charge in [0.05, 0.1) is 23.7 Å². The molecule has 0 aliphatic carbocycles. The van der Waals surface area contributed by atoms with E-state index < -0.39 is 0 Å². The van der Waals surface area contributed by atoms with Crippen LogP contribution >= 0.6 is 0 Å². The summed E-state index contributed by atoms with van der Waals surface area (Å²) in [5.41, 5.74) is 2.47. The first-order valence-corrected chi connectivity index (χ1v) is 8.93. The van der Waals surface area contributed by atoms with Gasteiger partial charge < -0.3 is 10.2 Å². The van der Waals surface area contributed by atoms with E-state index in [4.69, 9.17) is 6.42 Å². The van der Waals surface area contributed by atoms with Gasteiger partial charge in [-0.1, -0.05) is 31.9 Å². The standard InChI is InChI=1S/C21H23N3O2/c1-4-16-6-5-11-24(16)20(25)13-23-21(26)18-9-10-22-19-12-15(14(2)3)7-8-17(18)19/h1,7-10,12,14,16H,5-6,11,13H2,2-3H3,(H,23,26)/t16-/m1/s1. The van der Waals surface area contributed by atoms with E-state index in [1.807, 2.05) is 18.2 Å². The van der Waals surface area contributed by atoms with Crippen molar-refractivity contribution in [3.05, 3.63) is 41.6 Å². The van der Waals surface area contributed by atoms with E-state index >= 15 is 0 Å². The summed E-state index contributed by atoms with van der Waals surface area (Å²) in [5, 5.41) is 3.51. The maximum Gasteiger partial charge on any atom is 0.252 e. The molecule has 1 aromatic carbocycles. The molecule has 1 N–H and O–H groups in total. The molecule has 1 aliphatic heterocycles. The van der Waals surface area contributed by atoms with E-state index in [0.717, 1.165) is 23.7 Å². The highest BCUT2D eigenvalue weighted by Crippen LogP contribution is 2.22. The number of hydrogen-bond acceptors (Lipinski definition) is 3. The molecule has 1 aromatic heterocycles.